The van der Waals surface area contributed by atoms with Crippen LogP contribution in [0.4, 0.5) is 0 Å². The minimum atomic E-state index is -0.993. The molecule has 1 saturated carbocycles. The standard InChI is InChI=1S/C14H12ClNO4/c15-10-4-8(3-7-1-2-20-11(7)10)12(17)14(6-16)5-9(14)13(18)19/h1-4,9H,5-6,16H2,(H,18,19)/t9-,14-/m1/s1. The fourth-order valence-corrected chi connectivity index (χ4v) is 2.93. The quantitative estimate of drug-likeness (QED) is 0.844. The minimum Gasteiger partial charge on any atom is -0.481 e. The van der Waals surface area contributed by atoms with E-state index < -0.39 is 17.3 Å². The molecule has 1 aliphatic carbocycles. The average Bonchev–Trinajstić information content (AvgIpc) is 3.00. The highest BCUT2D eigenvalue weighted by atomic mass is 35.5. The van der Waals surface area contributed by atoms with Crippen molar-refractivity contribution in [3.63, 3.8) is 0 Å². The molecule has 0 spiro atoms. The van der Waals surface area contributed by atoms with Crippen LogP contribution in [0.3, 0.4) is 0 Å². The number of hydrogen-bond acceptors (Lipinski definition) is 4. The zero-order chi connectivity index (χ0) is 14.5. The Morgan fingerprint density at radius 1 is 1.50 bits per heavy atom. The molecule has 0 saturated heterocycles. The number of nitrogens with two attached hydrogens (primary N) is 1. The molecule has 0 aliphatic heterocycles. The summed E-state index contributed by atoms with van der Waals surface area (Å²) in [5, 5.41) is 10.1. The molecule has 0 amide bonds. The third-order valence-electron chi connectivity index (χ3n) is 3.96. The summed E-state index contributed by atoms with van der Waals surface area (Å²) in [5.41, 5.74) is 5.52. The first-order valence-corrected chi connectivity index (χ1v) is 6.52. The van der Waals surface area contributed by atoms with Gasteiger partial charge >= 0.3 is 5.97 Å². The normalized spacial score (nSPS) is 24.8. The highest BCUT2D eigenvalue weighted by Gasteiger charge is 2.62. The van der Waals surface area contributed by atoms with Crippen LogP contribution in [-0.2, 0) is 4.79 Å². The number of Topliss-reactive ketones (excluding diaryl/α,β-unsaturated/α-hetero) is 1. The van der Waals surface area contributed by atoms with Crippen LogP contribution in [0.2, 0.25) is 5.02 Å². The Morgan fingerprint density at radius 3 is 2.85 bits per heavy atom. The second-order valence-corrected chi connectivity index (χ2v) is 5.49. The molecule has 20 heavy (non-hydrogen) atoms. The largest absolute Gasteiger partial charge is 0.481 e. The van der Waals surface area contributed by atoms with Gasteiger partial charge in [-0.3, -0.25) is 9.59 Å². The van der Waals surface area contributed by atoms with E-state index in [1.807, 2.05) is 0 Å². The number of ketones is 1. The second-order valence-electron chi connectivity index (χ2n) is 5.08. The van der Waals surface area contributed by atoms with Crippen LogP contribution in [0.1, 0.15) is 16.8 Å². The van der Waals surface area contributed by atoms with Crippen molar-refractivity contribution >= 4 is 34.3 Å². The van der Waals surface area contributed by atoms with E-state index in [9.17, 15) is 9.59 Å². The van der Waals surface area contributed by atoms with Crippen LogP contribution in [0, 0.1) is 11.3 Å². The van der Waals surface area contributed by atoms with Crippen molar-refractivity contribution in [1.29, 1.82) is 0 Å². The van der Waals surface area contributed by atoms with Gasteiger partial charge in [0.15, 0.2) is 11.4 Å². The van der Waals surface area contributed by atoms with Crippen molar-refractivity contribution in [2.45, 2.75) is 6.42 Å². The van der Waals surface area contributed by atoms with Crippen molar-refractivity contribution in [3.05, 3.63) is 35.0 Å². The van der Waals surface area contributed by atoms with E-state index in [-0.39, 0.29) is 18.7 Å². The zero-order valence-corrected chi connectivity index (χ0v) is 11.2. The van der Waals surface area contributed by atoms with Gasteiger partial charge in [0.1, 0.15) is 0 Å². The molecule has 0 bridgehead atoms. The summed E-state index contributed by atoms with van der Waals surface area (Å²) in [4.78, 5) is 23.6. The Kier molecular flexibility index (Phi) is 2.84. The van der Waals surface area contributed by atoms with E-state index in [4.69, 9.17) is 26.9 Å². The lowest BCUT2D eigenvalue weighted by molar-refractivity contribution is -0.139. The molecule has 0 radical (unpaired) electrons. The number of carboxylic acids is 1. The summed E-state index contributed by atoms with van der Waals surface area (Å²) in [6.45, 7) is 0.0177. The lowest BCUT2D eigenvalue weighted by Crippen LogP contribution is -2.29. The highest BCUT2D eigenvalue weighted by Crippen LogP contribution is 2.54. The number of aliphatic carboxylic acids is 1. The summed E-state index contributed by atoms with van der Waals surface area (Å²) < 4.78 is 5.21. The smallest absolute Gasteiger partial charge is 0.307 e. The van der Waals surface area contributed by atoms with Gasteiger partial charge in [-0.1, -0.05) is 11.6 Å². The molecule has 1 heterocycles. The topological polar surface area (TPSA) is 93.5 Å². The summed E-state index contributed by atoms with van der Waals surface area (Å²) in [7, 11) is 0. The Balaban J connectivity index is 2.03. The predicted molar refractivity (Wildman–Crippen MR) is 72.8 cm³/mol. The van der Waals surface area contributed by atoms with Gasteiger partial charge in [0.25, 0.3) is 0 Å². The van der Waals surface area contributed by atoms with Crippen LogP contribution in [-0.4, -0.2) is 23.4 Å². The van der Waals surface area contributed by atoms with Gasteiger partial charge in [0.2, 0.25) is 0 Å². The molecule has 3 N–H and O–H groups in total. The van der Waals surface area contributed by atoms with Gasteiger partial charge in [-0.05, 0) is 24.6 Å². The number of carboxylic acid groups (broad SMARTS) is 1. The maximum Gasteiger partial charge on any atom is 0.307 e. The number of carbonyl (C=O) groups is 2. The lowest BCUT2D eigenvalue weighted by Gasteiger charge is -2.13. The van der Waals surface area contributed by atoms with Crippen molar-refractivity contribution in [2.75, 3.05) is 6.54 Å². The first-order valence-electron chi connectivity index (χ1n) is 6.14. The summed E-state index contributed by atoms with van der Waals surface area (Å²) in [5.74, 6) is -1.96. The molecular formula is C14H12ClNO4. The fraction of sp³-hybridized carbons (Fsp3) is 0.286. The Morgan fingerprint density at radius 2 is 2.25 bits per heavy atom. The molecule has 1 fully saturated rings. The van der Waals surface area contributed by atoms with E-state index in [0.717, 1.165) is 0 Å². The SMILES string of the molecule is NC[C@]1(C(=O)c2cc(Cl)c3occc3c2)C[C@@H]1C(=O)O. The molecule has 2 aromatic rings. The van der Waals surface area contributed by atoms with Gasteiger partial charge in [0.05, 0.1) is 22.6 Å². The van der Waals surface area contributed by atoms with E-state index in [1.165, 1.54) is 12.3 Å². The first kappa shape index (κ1) is 13.1. The summed E-state index contributed by atoms with van der Waals surface area (Å²) in [6, 6.07) is 4.86. The molecule has 1 aromatic heterocycles. The second kappa shape index (κ2) is 4.33. The molecular weight excluding hydrogens is 282 g/mol. The maximum atomic E-state index is 12.6. The van der Waals surface area contributed by atoms with E-state index in [2.05, 4.69) is 0 Å². The third-order valence-corrected chi connectivity index (χ3v) is 4.24. The van der Waals surface area contributed by atoms with Crippen molar-refractivity contribution < 1.29 is 19.1 Å². The molecule has 2 atom stereocenters. The Hall–Kier alpha value is -1.85. The van der Waals surface area contributed by atoms with E-state index in [0.29, 0.717) is 21.6 Å². The predicted octanol–water partition coefficient (Wildman–Crippen LogP) is 2.32. The van der Waals surface area contributed by atoms with Crippen LogP contribution in [0.15, 0.2) is 28.9 Å². The highest BCUT2D eigenvalue weighted by molar-refractivity contribution is 6.35. The molecule has 0 unspecified atom stereocenters. The molecule has 104 valence electrons. The number of benzene rings is 1. The number of rotatable bonds is 4. The third kappa shape index (κ3) is 1.74. The van der Waals surface area contributed by atoms with Gasteiger partial charge < -0.3 is 15.3 Å². The van der Waals surface area contributed by atoms with E-state index >= 15 is 0 Å². The fourth-order valence-electron chi connectivity index (χ4n) is 2.65. The number of carbonyl (C=O) groups excluding carboxylic acids is 1. The van der Waals surface area contributed by atoms with Crippen LogP contribution in [0.5, 0.6) is 0 Å². The zero-order valence-electron chi connectivity index (χ0n) is 10.4. The van der Waals surface area contributed by atoms with Crippen LogP contribution in [0.25, 0.3) is 11.0 Å². The monoisotopic (exact) mass is 293 g/mol. The van der Waals surface area contributed by atoms with Crippen molar-refractivity contribution in [2.24, 2.45) is 17.1 Å². The summed E-state index contributed by atoms with van der Waals surface area (Å²) in [6.07, 6.45) is 1.76. The van der Waals surface area contributed by atoms with Crippen molar-refractivity contribution in [1.82, 2.24) is 0 Å². The van der Waals surface area contributed by atoms with E-state index in [1.54, 1.807) is 12.1 Å². The van der Waals surface area contributed by atoms with Gasteiger partial charge in [-0.25, -0.2) is 0 Å². The molecule has 5 nitrogen and oxygen atoms in total. The molecule has 6 heteroatoms. The average molecular weight is 294 g/mol. The van der Waals surface area contributed by atoms with Crippen LogP contribution >= 0.6 is 11.6 Å². The Bertz CT molecular complexity index is 723. The minimum absolute atomic E-state index is 0.0177. The van der Waals surface area contributed by atoms with Gasteiger partial charge in [-0.2, -0.15) is 0 Å². The number of halogens is 1. The van der Waals surface area contributed by atoms with Crippen molar-refractivity contribution in [3.8, 4) is 0 Å². The Labute approximate surface area is 119 Å². The van der Waals surface area contributed by atoms with Crippen LogP contribution < -0.4 is 5.73 Å². The molecule has 1 aliphatic rings. The van der Waals surface area contributed by atoms with Gasteiger partial charge in [0, 0.05) is 17.5 Å². The summed E-state index contributed by atoms with van der Waals surface area (Å²) >= 11 is 6.07. The molecule has 1 aromatic carbocycles. The number of fused-ring (bicyclic) bond motifs is 1. The number of hydrogen-bond donors (Lipinski definition) is 2. The maximum absolute atomic E-state index is 12.6. The first-order chi connectivity index (χ1) is 9.49. The number of furan rings is 1. The lowest BCUT2D eigenvalue weighted by atomic mass is 9.91. The van der Waals surface area contributed by atoms with Gasteiger partial charge in [-0.15, -0.1) is 0 Å². The molecule has 3 rings (SSSR count).